The number of rotatable bonds is 3. The molecule has 1 aliphatic rings. The van der Waals surface area contributed by atoms with Crippen molar-refractivity contribution in [2.24, 2.45) is 5.73 Å². The van der Waals surface area contributed by atoms with Gasteiger partial charge in [0.25, 0.3) is 0 Å². The summed E-state index contributed by atoms with van der Waals surface area (Å²) in [4.78, 5) is 0. The summed E-state index contributed by atoms with van der Waals surface area (Å²) in [6, 6.07) is 7.62. The molecule has 2 rings (SSSR count). The monoisotopic (exact) mass is 293 g/mol. The van der Waals surface area contributed by atoms with Gasteiger partial charge in [-0.15, -0.1) is 0 Å². The molecular formula is C15H21BClNO2. The summed E-state index contributed by atoms with van der Waals surface area (Å²) in [6.45, 7) is 8.49. The van der Waals surface area contributed by atoms with Gasteiger partial charge in [0.15, 0.2) is 0 Å². The molecule has 5 heteroatoms. The van der Waals surface area contributed by atoms with Crippen LogP contribution in [0, 0.1) is 0 Å². The van der Waals surface area contributed by atoms with Gasteiger partial charge in [0, 0.05) is 11.6 Å². The van der Waals surface area contributed by atoms with Gasteiger partial charge in [-0.05, 0) is 50.9 Å². The van der Waals surface area contributed by atoms with E-state index in [4.69, 9.17) is 26.6 Å². The molecule has 1 heterocycles. The topological polar surface area (TPSA) is 44.5 Å². The summed E-state index contributed by atoms with van der Waals surface area (Å²) in [6.07, 6.45) is 1.98. The van der Waals surface area contributed by atoms with Crippen LogP contribution >= 0.6 is 11.6 Å². The predicted octanol–water partition coefficient (Wildman–Crippen LogP) is 3.31. The maximum absolute atomic E-state index is 6.02. The quantitative estimate of drug-likeness (QED) is 0.870. The molecule has 0 amide bonds. The Balaban J connectivity index is 2.26. The van der Waals surface area contributed by atoms with Crippen molar-refractivity contribution in [1.29, 1.82) is 0 Å². The second kappa shape index (κ2) is 5.53. The second-order valence-electron chi connectivity index (χ2n) is 6.07. The van der Waals surface area contributed by atoms with Crippen LogP contribution in [0.5, 0.6) is 0 Å². The lowest BCUT2D eigenvalue weighted by atomic mass is 9.77. The highest BCUT2D eigenvalue weighted by molar-refractivity contribution is 6.55. The Hall–Kier alpha value is -0.805. The van der Waals surface area contributed by atoms with E-state index in [-0.39, 0.29) is 11.2 Å². The molecule has 0 atom stereocenters. The van der Waals surface area contributed by atoms with Crippen molar-refractivity contribution in [3.05, 3.63) is 40.3 Å². The highest BCUT2D eigenvalue weighted by Gasteiger charge is 2.52. The average molecular weight is 294 g/mol. The van der Waals surface area contributed by atoms with Gasteiger partial charge in [0.1, 0.15) is 0 Å². The Kier molecular flexibility index (Phi) is 4.31. The number of benzene rings is 1. The molecule has 0 saturated carbocycles. The molecule has 0 aromatic heterocycles. The summed E-state index contributed by atoms with van der Waals surface area (Å²) >= 11 is 6.00. The van der Waals surface area contributed by atoms with E-state index in [1.165, 1.54) is 0 Å². The van der Waals surface area contributed by atoms with Gasteiger partial charge in [-0.25, -0.2) is 0 Å². The lowest BCUT2D eigenvalue weighted by Gasteiger charge is -2.32. The molecule has 1 aromatic rings. The fourth-order valence-corrected chi connectivity index (χ4v) is 2.23. The third-order valence-electron chi connectivity index (χ3n) is 3.99. The van der Waals surface area contributed by atoms with Crippen molar-refractivity contribution in [2.75, 3.05) is 6.54 Å². The lowest BCUT2D eigenvalue weighted by molar-refractivity contribution is 0.00578. The zero-order valence-corrected chi connectivity index (χ0v) is 13.2. The summed E-state index contributed by atoms with van der Waals surface area (Å²) < 4.78 is 12.0. The Bertz CT molecular complexity index is 512. The number of halogens is 1. The van der Waals surface area contributed by atoms with Crippen molar-refractivity contribution in [3.63, 3.8) is 0 Å². The second-order valence-corrected chi connectivity index (χ2v) is 6.50. The van der Waals surface area contributed by atoms with E-state index in [0.29, 0.717) is 11.6 Å². The van der Waals surface area contributed by atoms with E-state index in [9.17, 15) is 0 Å². The van der Waals surface area contributed by atoms with Gasteiger partial charge in [-0.1, -0.05) is 29.8 Å². The van der Waals surface area contributed by atoms with E-state index in [0.717, 1.165) is 11.0 Å². The first kappa shape index (κ1) is 15.6. The molecule has 3 nitrogen and oxygen atoms in total. The Morgan fingerprint density at radius 2 is 1.85 bits per heavy atom. The third-order valence-corrected chi connectivity index (χ3v) is 4.23. The van der Waals surface area contributed by atoms with E-state index in [1.807, 2.05) is 58.0 Å². The lowest BCUT2D eigenvalue weighted by Crippen LogP contribution is -2.41. The first-order valence-corrected chi connectivity index (χ1v) is 7.15. The fourth-order valence-electron chi connectivity index (χ4n) is 2.03. The van der Waals surface area contributed by atoms with Crippen LogP contribution in [0.15, 0.2) is 29.7 Å². The molecule has 0 spiro atoms. The van der Waals surface area contributed by atoms with Crippen LogP contribution < -0.4 is 5.73 Å². The Labute approximate surface area is 126 Å². The van der Waals surface area contributed by atoms with Gasteiger partial charge < -0.3 is 15.0 Å². The minimum absolute atomic E-state index is 0.361. The SMILES string of the molecule is CC1(C)OB(C(=Cc2cccc(Cl)c2)CN)OC1(C)C. The first-order valence-electron chi connectivity index (χ1n) is 6.77. The zero-order chi connectivity index (χ0) is 15.0. The van der Waals surface area contributed by atoms with Crippen LogP contribution in [0.3, 0.4) is 0 Å². The molecule has 1 aliphatic heterocycles. The number of hydrogen-bond acceptors (Lipinski definition) is 3. The van der Waals surface area contributed by atoms with Crippen molar-refractivity contribution < 1.29 is 9.31 Å². The standard InChI is InChI=1S/C15H21BClNO2/c1-14(2)15(3,4)20-16(19-14)12(10-18)8-11-6-5-7-13(17)9-11/h5-9H,10,18H2,1-4H3. The van der Waals surface area contributed by atoms with E-state index in [2.05, 4.69) is 0 Å². The molecule has 108 valence electrons. The minimum atomic E-state index is -0.413. The molecule has 0 bridgehead atoms. The molecular weight excluding hydrogens is 272 g/mol. The highest BCUT2D eigenvalue weighted by atomic mass is 35.5. The van der Waals surface area contributed by atoms with Crippen LogP contribution in [0.4, 0.5) is 0 Å². The van der Waals surface area contributed by atoms with Crippen molar-refractivity contribution >= 4 is 24.8 Å². The Morgan fingerprint density at radius 3 is 2.35 bits per heavy atom. The van der Waals surface area contributed by atoms with E-state index < -0.39 is 7.12 Å². The maximum Gasteiger partial charge on any atom is 0.491 e. The average Bonchev–Trinajstić information content (AvgIpc) is 2.55. The van der Waals surface area contributed by atoms with Crippen molar-refractivity contribution in [2.45, 2.75) is 38.9 Å². The van der Waals surface area contributed by atoms with Crippen molar-refractivity contribution in [3.8, 4) is 0 Å². The summed E-state index contributed by atoms with van der Waals surface area (Å²) in [7, 11) is -0.413. The summed E-state index contributed by atoms with van der Waals surface area (Å²) in [5.74, 6) is 0. The summed E-state index contributed by atoms with van der Waals surface area (Å²) in [5, 5.41) is 0.698. The van der Waals surface area contributed by atoms with Crippen LogP contribution in [0.2, 0.25) is 5.02 Å². The Morgan fingerprint density at radius 1 is 1.25 bits per heavy atom. The fraction of sp³-hybridized carbons (Fsp3) is 0.467. The van der Waals surface area contributed by atoms with Crippen LogP contribution in [-0.2, 0) is 9.31 Å². The van der Waals surface area contributed by atoms with Gasteiger partial charge in [-0.3, -0.25) is 0 Å². The van der Waals surface area contributed by atoms with Gasteiger partial charge in [0.2, 0.25) is 0 Å². The van der Waals surface area contributed by atoms with Crippen LogP contribution in [0.25, 0.3) is 6.08 Å². The van der Waals surface area contributed by atoms with Crippen molar-refractivity contribution in [1.82, 2.24) is 0 Å². The molecule has 0 unspecified atom stereocenters. The highest BCUT2D eigenvalue weighted by Crippen LogP contribution is 2.38. The minimum Gasteiger partial charge on any atom is -0.400 e. The smallest absolute Gasteiger partial charge is 0.400 e. The van der Waals surface area contributed by atoms with Crippen LogP contribution in [-0.4, -0.2) is 24.9 Å². The maximum atomic E-state index is 6.02. The number of nitrogens with two attached hydrogens (primary N) is 1. The summed E-state index contributed by atoms with van der Waals surface area (Å²) in [5.41, 5.74) is 7.03. The molecule has 1 aromatic carbocycles. The molecule has 0 aliphatic carbocycles. The molecule has 0 radical (unpaired) electrons. The molecule has 1 saturated heterocycles. The molecule has 20 heavy (non-hydrogen) atoms. The van der Waals surface area contributed by atoms with Gasteiger partial charge in [-0.2, -0.15) is 0 Å². The molecule has 2 N–H and O–H groups in total. The van der Waals surface area contributed by atoms with Gasteiger partial charge >= 0.3 is 7.12 Å². The van der Waals surface area contributed by atoms with Gasteiger partial charge in [0.05, 0.1) is 11.2 Å². The van der Waals surface area contributed by atoms with E-state index >= 15 is 0 Å². The largest absolute Gasteiger partial charge is 0.491 e. The zero-order valence-electron chi connectivity index (χ0n) is 12.4. The van der Waals surface area contributed by atoms with E-state index in [1.54, 1.807) is 0 Å². The first-order chi connectivity index (χ1) is 9.25. The third kappa shape index (κ3) is 3.09. The predicted molar refractivity (Wildman–Crippen MR) is 84.6 cm³/mol. The molecule has 1 fully saturated rings. The number of hydrogen-bond donors (Lipinski definition) is 1. The normalized spacial score (nSPS) is 21.3. The van der Waals surface area contributed by atoms with Crippen LogP contribution in [0.1, 0.15) is 33.3 Å².